The van der Waals surface area contributed by atoms with E-state index < -0.39 is 0 Å². The molecule has 2 amide bonds. The summed E-state index contributed by atoms with van der Waals surface area (Å²) in [5, 5.41) is 4.49. The molecule has 1 aliphatic carbocycles. The normalized spacial score (nSPS) is 19.8. The molecule has 5 rings (SSSR count). The first-order valence-corrected chi connectivity index (χ1v) is 12.0. The molecule has 0 unspecified atom stereocenters. The third-order valence-corrected chi connectivity index (χ3v) is 7.13. The summed E-state index contributed by atoms with van der Waals surface area (Å²) in [5.41, 5.74) is 4.61. The van der Waals surface area contributed by atoms with E-state index in [1.165, 1.54) is 10.9 Å². The molecule has 1 aliphatic heterocycles. The Kier molecular flexibility index (Phi) is 6.18. The maximum absolute atomic E-state index is 13.1. The molecule has 0 spiro atoms. The molecule has 178 valence electrons. The Morgan fingerprint density at radius 1 is 1.15 bits per heavy atom. The van der Waals surface area contributed by atoms with E-state index >= 15 is 0 Å². The Morgan fingerprint density at radius 3 is 2.79 bits per heavy atom. The van der Waals surface area contributed by atoms with Gasteiger partial charge < -0.3 is 24.7 Å². The van der Waals surface area contributed by atoms with Crippen LogP contribution in [0.3, 0.4) is 0 Å². The molecule has 7 nitrogen and oxygen atoms in total. The third-order valence-electron chi connectivity index (χ3n) is 7.13. The van der Waals surface area contributed by atoms with Gasteiger partial charge in [0.1, 0.15) is 0 Å². The van der Waals surface area contributed by atoms with Crippen LogP contribution in [0.15, 0.2) is 42.5 Å². The second-order valence-electron chi connectivity index (χ2n) is 9.20. The molecule has 2 atom stereocenters. The number of hydrogen-bond acceptors (Lipinski definition) is 4. The van der Waals surface area contributed by atoms with Crippen LogP contribution >= 0.6 is 0 Å². The van der Waals surface area contributed by atoms with Gasteiger partial charge in [0, 0.05) is 36.1 Å². The van der Waals surface area contributed by atoms with Gasteiger partial charge in [-0.15, -0.1) is 0 Å². The lowest BCUT2D eigenvalue weighted by Gasteiger charge is -2.25. The van der Waals surface area contributed by atoms with Crippen molar-refractivity contribution < 1.29 is 19.1 Å². The number of hydrogen-bond donors (Lipinski definition) is 2. The number of benzene rings is 2. The SMILES string of the molecule is COc1ccc(CCN2C[C@H](C(=O)N[C@@H]3CCCc4c3[nH]c3ccccc43)CC2=O)cc1OC. The number of carbonyl (C=O) groups excluding carboxylic acids is 2. The van der Waals surface area contributed by atoms with Gasteiger partial charge >= 0.3 is 0 Å². The second kappa shape index (κ2) is 9.41. The molecule has 1 aromatic heterocycles. The molecular weight excluding hydrogens is 430 g/mol. The van der Waals surface area contributed by atoms with Crippen LogP contribution in [-0.2, 0) is 22.4 Å². The maximum Gasteiger partial charge on any atom is 0.225 e. The number of H-pyrrole nitrogens is 1. The first-order valence-electron chi connectivity index (χ1n) is 12.0. The number of aromatic amines is 1. The summed E-state index contributed by atoms with van der Waals surface area (Å²) in [5.74, 6) is 1.05. The molecule has 0 bridgehead atoms. The number of carbonyl (C=O) groups is 2. The van der Waals surface area contributed by atoms with Crippen molar-refractivity contribution >= 4 is 22.7 Å². The summed E-state index contributed by atoms with van der Waals surface area (Å²) in [7, 11) is 3.22. The van der Waals surface area contributed by atoms with Gasteiger partial charge in [-0.25, -0.2) is 0 Å². The molecule has 1 saturated heterocycles. The Hall–Kier alpha value is -3.48. The number of fused-ring (bicyclic) bond motifs is 3. The lowest BCUT2D eigenvalue weighted by atomic mass is 9.91. The van der Waals surface area contributed by atoms with Crippen molar-refractivity contribution in [3.63, 3.8) is 0 Å². The van der Waals surface area contributed by atoms with E-state index in [4.69, 9.17) is 9.47 Å². The highest BCUT2D eigenvalue weighted by molar-refractivity contribution is 5.90. The molecule has 0 radical (unpaired) electrons. The number of likely N-dealkylation sites (tertiary alicyclic amines) is 1. The second-order valence-corrected chi connectivity index (χ2v) is 9.20. The van der Waals surface area contributed by atoms with Crippen molar-refractivity contribution in [1.82, 2.24) is 15.2 Å². The van der Waals surface area contributed by atoms with Gasteiger partial charge in [-0.2, -0.15) is 0 Å². The van der Waals surface area contributed by atoms with Gasteiger partial charge in [0.05, 0.1) is 26.2 Å². The average molecular weight is 462 g/mol. The number of nitrogens with zero attached hydrogens (tertiary/aromatic N) is 1. The minimum Gasteiger partial charge on any atom is -0.493 e. The first-order chi connectivity index (χ1) is 16.6. The summed E-state index contributed by atoms with van der Waals surface area (Å²) < 4.78 is 10.7. The monoisotopic (exact) mass is 461 g/mol. The average Bonchev–Trinajstić information content (AvgIpc) is 3.43. The van der Waals surface area contributed by atoms with E-state index in [1.54, 1.807) is 19.1 Å². The molecule has 2 aliphatic rings. The molecule has 7 heteroatoms. The molecule has 1 fully saturated rings. The Morgan fingerprint density at radius 2 is 1.97 bits per heavy atom. The number of nitrogens with one attached hydrogen (secondary N) is 2. The summed E-state index contributed by atoms with van der Waals surface area (Å²) in [4.78, 5) is 31.1. The smallest absolute Gasteiger partial charge is 0.225 e. The number of methoxy groups -OCH3 is 2. The van der Waals surface area contributed by atoms with Gasteiger partial charge in [0.2, 0.25) is 11.8 Å². The zero-order valence-electron chi connectivity index (χ0n) is 19.7. The number of para-hydroxylation sites is 1. The van der Waals surface area contributed by atoms with Crippen LogP contribution in [0.5, 0.6) is 11.5 Å². The number of aryl methyl sites for hydroxylation is 1. The summed E-state index contributed by atoms with van der Waals surface area (Å²) in [6, 6.07) is 14.1. The summed E-state index contributed by atoms with van der Waals surface area (Å²) in [6.45, 7) is 1.04. The van der Waals surface area contributed by atoms with Gasteiger partial charge in [-0.3, -0.25) is 9.59 Å². The van der Waals surface area contributed by atoms with Crippen molar-refractivity contribution in [3.8, 4) is 11.5 Å². The Balaban J connectivity index is 1.21. The van der Waals surface area contributed by atoms with Crippen molar-refractivity contribution in [1.29, 1.82) is 0 Å². The highest BCUT2D eigenvalue weighted by atomic mass is 16.5. The number of amides is 2. The van der Waals surface area contributed by atoms with Crippen molar-refractivity contribution in [2.24, 2.45) is 5.92 Å². The van der Waals surface area contributed by atoms with Gasteiger partial charge in [0.15, 0.2) is 11.5 Å². The molecule has 0 saturated carbocycles. The fourth-order valence-electron chi connectivity index (χ4n) is 5.31. The van der Waals surface area contributed by atoms with Crippen molar-refractivity contribution in [3.05, 3.63) is 59.3 Å². The standard InChI is InChI=1S/C27H31N3O4/c1-33-23-11-10-17(14-24(23)34-2)12-13-30-16-18(15-25(30)31)27(32)29-22-9-5-7-20-19-6-3-4-8-21(19)28-26(20)22/h3-4,6,8,10-11,14,18,22,28H,5,7,9,12-13,15-16H2,1-2H3,(H,29,32)/t18-,22-/m1/s1. The van der Waals surface area contributed by atoms with Crippen LogP contribution in [0, 0.1) is 5.92 Å². The zero-order chi connectivity index (χ0) is 23.7. The molecular formula is C27H31N3O4. The minimum absolute atomic E-state index is 0.0282. The predicted molar refractivity (Wildman–Crippen MR) is 130 cm³/mol. The van der Waals surface area contributed by atoms with E-state index in [0.717, 1.165) is 36.0 Å². The summed E-state index contributed by atoms with van der Waals surface area (Å²) >= 11 is 0. The number of aromatic nitrogens is 1. The maximum atomic E-state index is 13.1. The lowest BCUT2D eigenvalue weighted by molar-refractivity contribution is -0.129. The number of rotatable bonds is 7. The molecule has 2 N–H and O–H groups in total. The molecule has 2 heterocycles. The third kappa shape index (κ3) is 4.22. The van der Waals surface area contributed by atoms with Gasteiger partial charge in [-0.05, 0) is 55.0 Å². The zero-order valence-corrected chi connectivity index (χ0v) is 19.7. The van der Waals surface area contributed by atoms with E-state index in [0.29, 0.717) is 31.0 Å². The van der Waals surface area contributed by atoms with Crippen LogP contribution in [0.2, 0.25) is 0 Å². The van der Waals surface area contributed by atoms with E-state index in [-0.39, 0.29) is 30.2 Å². The van der Waals surface area contributed by atoms with Crippen LogP contribution in [0.25, 0.3) is 10.9 Å². The summed E-state index contributed by atoms with van der Waals surface area (Å²) in [6.07, 6.45) is 3.94. The van der Waals surface area contributed by atoms with Crippen LogP contribution in [0.1, 0.15) is 42.1 Å². The Labute approximate surface area is 199 Å². The van der Waals surface area contributed by atoms with E-state index in [9.17, 15) is 9.59 Å². The fraction of sp³-hybridized carbons (Fsp3) is 0.407. The quantitative estimate of drug-likeness (QED) is 0.561. The topological polar surface area (TPSA) is 83.7 Å². The van der Waals surface area contributed by atoms with Gasteiger partial charge in [-0.1, -0.05) is 24.3 Å². The van der Waals surface area contributed by atoms with Crippen LogP contribution < -0.4 is 14.8 Å². The molecule has 34 heavy (non-hydrogen) atoms. The fourth-order valence-corrected chi connectivity index (χ4v) is 5.31. The van der Waals surface area contributed by atoms with E-state index in [2.05, 4.69) is 28.5 Å². The molecule has 3 aromatic rings. The molecule has 2 aromatic carbocycles. The van der Waals surface area contributed by atoms with Crippen molar-refractivity contribution in [2.75, 3.05) is 27.3 Å². The minimum atomic E-state index is -0.312. The Bertz CT molecular complexity index is 1220. The van der Waals surface area contributed by atoms with E-state index in [1.807, 2.05) is 24.3 Å². The first kappa shape index (κ1) is 22.3. The largest absolute Gasteiger partial charge is 0.493 e. The van der Waals surface area contributed by atoms with Crippen LogP contribution in [0.4, 0.5) is 0 Å². The number of ether oxygens (including phenoxy) is 2. The predicted octanol–water partition coefficient (Wildman–Crippen LogP) is 3.77. The van der Waals surface area contributed by atoms with Crippen LogP contribution in [-0.4, -0.2) is 49.0 Å². The van der Waals surface area contributed by atoms with Gasteiger partial charge in [0.25, 0.3) is 0 Å². The highest BCUT2D eigenvalue weighted by Gasteiger charge is 2.36. The van der Waals surface area contributed by atoms with Crippen molar-refractivity contribution in [2.45, 2.75) is 38.1 Å². The lowest BCUT2D eigenvalue weighted by Crippen LogP contribution is -2.37. The highest BCUT2D eigenvalue weighted by Crippen LogP contribution is 2.35.